The molecule has 1 aliphatic rings. The van der Waals surface area contributed by atoms with E-state index < -0.39 is 0 Å². The van der Waals surface area contributed by atoms with Crippen LogP contribution in [0.1, 0.15) is 13.8 Å². The van der Waals surface area contributed by atoms with Crippen LogP contribution in [0.4, 0.5) is 0 Å². The molecule has 1 rings (SSSR count). The van der Waals surface area contributed by atoms with Crippen molar-refractivity contribution in [2.45, 2.75) is 32.0 Å². The maximum Gasteiger partial charge on any atom is 0.133 e. The maximum absolute atomic E-state index is 2.58. The van der Waals surface area contributed by atoms with E-state index in [0.29, 0.717) is 0 Å². The summed E-state index contributed by atoms with van der Waals surface area (Å²) in [5.41, 5.74) is 0. The number of hydrogen-bond donors (Lipinski definition) is 0. The Bertz CT molecular complexity index is 68.8. The first kappa shape index (κ1) is 6.51. The van der Waals surface area contributed by atoms with Gasteiger partial charge in [-0.1, -0.05) is 13.8 Å². The van der Waals surface area contributed by atoms with E-state index in [0.717, 1.165) is 25.4 Å². The van der Waals surface area contributed by atoms with Crippen LogP contribution in [-0.4, -0.2) is 29.6 Å². The zero-order chi connectivity index (χ0) is 5.98. The lowest BCUT2D eigenvalue weighted by Crippen LogP contribution is -2.31. The average Bonchev–Trinajstić information content (AvgIpc) is 2.12. The predicted molar refractivity (Wildman–Crippen MR) is 38.1 cm³/mol. The van der Waals surface area contributed by atoms with Gasteiger partial charge < -0.3 is 4.23 Å². The molecule has 0 unspecified atom stereocenters. The second-order valence-electron chi connectivity index (χ2n) is 2.28. The number of nitrogens with zero attached hydrogens (tertiary/aromatic N) is 1. The van der Waals surface area contributed by atoms with Gasteiger partial charge in [-0.2, -0.15) is 0 Å². The molecule has 0 atom stereocenters. The molecule has 1 aliphatic heterocycles. The van der Waals surface area contributed by atoms with Crippen LogP contribution in [0, 0.1) is 0 Å². The lowest BCUT2D eigenvalue weighted by Gasteiger charge is -2.17. The first-order valence-corrected chi connectivity index (χ1v) is 5.38. The van der Waals surface area contributed by atoms with E-state index in [1.54, 1.807) is 0 Å². The molecule has 0 aliphatic carbocycles. The van der Waals surface area contributed by atoms with Gasteiger partial charge in [0.1, 0.15) is 19.4 Å². The van der Waals surface area contributed by atoms with Gasteiger partial charge in [0, 0.05) is 0 Å². The normalized spacial score (nSPS) is 22.9. The van der Waals surface area contributed by atoms with E-state index in [4.69, 9.17) is 0 Å². The average molecular weight is 141 g/mol. The minimum atomic E-state index is 0.800. The van der Waals surface area contributed by atoms with Gasteiger partial charge in [-0.25, -0.2) is 0 Å². The van der Waals surface area contributed by atoms with Crippen molar-refractivity contribution in [2.75, 3.05) is 0 Å². The van der Waals surface area contributed by atoms with Gasteiger partial charge in [-0.3, -0.25) is 0 Å². The van der Waals surface area contributed by atoms with Crippen molar-refractivity contribution in [1.29, 1.82) is 0 Å². The molecule has 0 aromatic carbocycles. The quantitative estimate of drug-likeness (QED) is 0.488. The van der Waals surface area contributed by atoms with Gasteiger partial charge in [0.15, 0.2) is 0 Å². The van der Waals surface area contributed by atoms with E-state index in [1.165, 1.54) is 12.1 Å². The molecule has 0 bridgehead atoms. The Balaban J connectivity index is 2.24. The zero-order valence-electron chi connectivity index (χ0n) is 5.44. The molecule has 0 saturated carbocycles. The van der Waals surface area contributed by atoms with Crippen molar-refractivity contribution < 1.29 is 0 Å². The van der Waals surface area contributed by atoms with E-state index in [9.17, 15) is 0 Å². The molecule has 1 saturated heterocycles. The van der Waals surface area contributed by atoms with Gasteiger partial charge in [0.25, 0.3) is 0 Å². The van der Waals surface area contributed by atoms with Gasteiger partial charge >= 0.3 is 0 Å². The largest absolute Gasteiger partial charge is 0.347 e. The van der Waals surface area contributed by atoms with E-state index in [2.05, 4.69) is 18.1 Å². The lowest BCUT2D eigenvalue weighted by atomic mass is 10.4. The third kappa shape index (κ3) is 1.43. The molecule has 1 fully saturated rings. The summed E-state index contributed by atoms with van der Waals surface area (Å²) in [5.74, 6) is 0. The highest BCUT2D eigenvalue weighted by Gasteiger charge is 2.15. The van der Waals surface area contributed by atoms with E-state index in [-0.39, 0.29) is 0 Å². The third-order valence-corrected chi connectivity index (χ3v) is 5.32. The molecule has 0 amide bonds. The van der Waals surface area contributed by atoms with Crippen LogP contribution in [0.15, 0.2) is 0 Å². The SMILES string of the molecule is CC(C)N1[Si]CC[Si]1. The Morgan fingerprint density at radius 3 is 2.00 bits per heavy atom. The number of rotatable bonds is 1. The van der Waals surface area contributed by atoms with E-state index in [1.807, 2.05) is 0 Å². The Kier molecular flexibility index (Phi) is 2.28. The van der Waals surface area contributed by atoms with Gasteiger partial charge in [-0.05, 0) is 18.1 Å². The van der Waals surface area contributed by atoms with Gasteiger partial charge in [-0.15, -0.1) is 0 Å². The van der Waals surface area contributed by atoms with Crippen molar-refractivity contribution in [3.63, 3.8) is 0 Å². The van der Waals surface area contributed by atoms with Crippen LogP contribution in [0.5, 0.6) is 0 Å². The molecule has 1 heterocycles. The highest BCUT2D eigenvalue weighted by Crippen LogP contribution is 2.07. The molecule has 3 heteroatoms. The second kappa shape index (κ2) is 2.80. The fraction of sp³-hybridized carbons (Fsp3) is 1.00. The van der Waals surface area contributed by atoms with E-state index >= 15 is 0 Å². The van der Waals surface area contributed by atoms with Crippen molar-refractivity contribution in [3.8, 4) is 0 Å². The summed E-state index contributed by atoms with van der Waals surface area (Å²) in [7, 11) is 2.25. The minimum Gasteiger partial charge on any atom is -0.347 e. The Hall–Kier alpha value is 0.394. The fourth-order valence-electron chi connectivity index (χ4n) is 0.774. The summed E-state index contributed by atoms with van der Waals surface area (Å²) in [5, 5.41) is 0. The molecular formula is C5H11NSi2. The molecule has 0 aromatic rings. The molecule has 4 radical (unpaired) electrons. The summed E-state index contributed by atoms with van der Waals surface area (Å²) in [4.78, 5) is 0. The van der Waals surface area contributed by atoms with Crippen LogP contribution in [0.2, 0.25) is 12.1 Å². The summed E-state index contributed by atoms with van der Waals surface area (Å²) in [6.45, 7) is 4.57. The third-order valence-electron chi connectivity index (χ3n) is 1.21. The summed E-state index contributed by atoms with van der Waals surface area (Å²) in [6, 6.07) is 3.71. The van der Waals surface area contributed by atoms with Crippen LogP contribution < -0.4 is 0 Å². The number of hydrogen-bond acceptors (Lipinski definition) is 1. The lowest BCUT2D eigenvalue weighted by molar-refractivity contribution is 0.558. The van der Waals surface area contributed by atoms with Crippen LogP contribution in [-0.2, 0) is 0 Å². The molecule has 0 aromatic heterocycles. The molecule has 44 valence electrons. The summed E-state index contributed by atoms with van der Waals surface area (Å²) < 4.78 is 2.58. The highest BCUT2D eigenvalue weighted by atomic mass is 28.3. The van der Waals surface area contributed by atoms with Crippen molar-refractivity contribution in [1.82, 2.24) is 4.23 Å². The van der Waals surface area contributed by atoms with Gasteiger partial charge in [0.2, 0.25) is 0 Å². The second-order valence-corrected chi connectivity index (χ2v) is 5.32. The molecule has 1 nitrogen and oxygen atoms in total. The first-order valence-electron chi connectivity index (χ1n) is 3.07. The molecule has 0 spiro atoms. The molecule has 0 N–H and O–H groups in total. The van der Waals surface area contributed by atoms with Crippen molar-refractivity contribution >= 4 is 19.4 Å². The van der Waals surface area contributed by atoms with Crippen LogP contribution >= 0.6 is 0 Å². The molecular weight excluding hydrogens is 130 g/mol. The summed E-state index contributed by atoms with van der Waals surface area (Å²) in [6.07, 6.45) is 0. The Morgan fingerprint density at radius 2 is 1.75 bits per heavy atom. The fourth-order valence-corrected chi connectivity index (χ4v) is 4.00. The van der Waals surface area contributed by atoms with Crippen LogP contribution in [0.25, 0.3) is 0 Å². The first-order chi connectivity index (χ1) is 3.80. The van der Waals surface area contributed by atoms with Gasteiger partial charge in [0.05, 0.1) is 0 Å². The monoisotopic (exact) mass is 141 g/mol. The smallest absolute Gasteiger partial charge is 0.133 e. The molecule has 8 heavy (non-hydrogen) atoms. The topological polar surface area (TPSA) is 3.24 Å². The Morgan fingerprint density at radius 1 is 1.25 bits per heavy atom. The Labute approximate surface area is 56.3 Å². The van der Waals surface area contributed by atoms with Crippen molar-refractivity contribution in [3.05, 3.63) is 0 Å². The van der Waals surface area contributed by atoms with Crippen LogP contribution in [0.3, 0.4) is 0 Å². The maximum atomic E-state index is 2.58. The summed E-state index contributed by atoms with van der Waals surface area (Å²) >= 11 is 0. The standard InChI is InChI=1S/C5H11NSi2/c1-5(2)6-7-3-4-8-6/h5H,3-4H2,1-2H3. The highest BCUT2D eigenvalue weighted by molar-refractivity contribution is 6.56. The minimum absolute atomic E-state index is 0.800. The zero-order valence-corrected chi connectivity index (χ0v) is 7.44. The predicted octanol–water partition coefficient (Wildman–Crippen LogP) is 0.785. The van der Waals surface area contributed by atoms with Crippen molar-refractivity contribution in [2.24, 2.45) is 0 Å².